The molecule has 1 aromatic heterocycles. The third kappa shape index (κ3) is 6.82. The van der Waals surface area contributed by atoms with Gasteiger partial charge in [-0.2, -0.15) is 0 Å². The van der Waals surface area contributed by atoms with Gasteiger partial charge in [0.2, 0.25) is 11.8 Å². The van der Waals surface area contributed by atoms with Crippen molar-refractivity contribution in [3.63, 3.8) is 0 Å². The lowest BCUT2D eigenvalue weighted by Crippen LogP contribution is -2.46. The van der Waals surface area contributed by atoms with Crippen molar-refractivity contribution < 1.29 is 9.59 Å². The number of carbonyl (C=O) groups excluding carboxylic acids is 2. The number of hydrogen-bond acceptors (Lipinski definition) is 4. The van der Waals surface area contributed by atoms with Crippen LogP contribution in [0, 0.1) is 12.8 Å². The minimum absolute atomic E-state index is 0.00304. The number of hydrogen-bond donors (Lipinski definition) is 1. The van der Waals surface area contributed by atoms with E-state index in [1.54, 1.807) is 9.58 Å². The normalized spacial score (nSPS) is 12.0. The van der Waals surface area contributed by atoms with Crippen molar-refractivity contribution >= 4 is 22.8 Å². The Kier molecular flexibility index (Phi) is 8.67. The van der Waals surface area contributed by atoms with Gasteiger partial charge in [-0.25, -0.2) is 4.68 Å². The topological polar surface area (TPSA) is 80.1 Å². The molecular formula is C30H35N5O2. The number of aryl methyl sites for hydroxylation is 1. The second-order valence-electron chi connectivity index (χ2n) is 9.85. The number of nitrogens with one attached hydrogen (secondary N) is 1. The van der Waals surface area contributed by atoms with Crippen LogP contribution in [-0.4, -0.2) is 44.8 Å². The molecule has 37 heavy (non-hydrogen) atoms. The van der Waals surface area contributed by atoms with Crippen LogP contribution in [0.4, 0.5) is 0 Å². The highest BCUT2D eigenvalue weighted by Crippen LogP contribution is 2.23. The van der Waals surface area contributed by atoms with E-state index >= 15 is 0 Å². The Morgan fingerprint density at radius 2 is 1.73 bits per heavy atom. The van der Waals surface area contributed by atoms with Gasteiger partial charge in [0.1, 0.15) is 18.1 Å². The van der Waals surface area contributed by atoms with Crippen LogP contribution in [0.1, 0.15) is 43.0 Å². The van der Waals surface area contributed by atoms with E-state index in [1.807, 2.05) is 60.7 Å². The summed E-state index contributed by atoms with van der Waals surface area (Å²) < 4.78 is 1.61. The molecule has 1 atom stereocenters. The maximum absolute atomic E-state index is 13.9. The van der Waals surface area contributed by atoms with Crippen LogP contribution in [-0.2, 0) is 22.6 Å². The van der Waals surface area contributed by atoms with Crippen molar-refractivity contribution in [3.8, 4) is 0 Å². The van der Waals surface area contributed by atoms with Crippen molar-refractivity contribution in [2.24, 2.45) is 5.92 Å². The standard InChI is InChI=1S/C30H35N5O2/c1-22(2)16-18-31-30(37)29(25-12-5-4-6-13-25)34(19-17-24-11-9-10-23(3)20-24)28(36)21-35-27-15-8-7-14-26(27)32-33-35/h4-15,20,22,29H,16-19,21H2,1-3H3,(H,31,37)/t29-/m0/s1. The Hall–Kier alpha value is -4.00. The third-order valence-corrected chi connectivity index (χ3v) is 6.45. The second-order valence-corrected chi connectivity index (χ2v) is 9.85. The lowest BCUT2D eigenvalue weighted by atomic mass is 10.0. The lowest BCUT2D eigenvalue weighted by Gasteiger charge is -2.32. The molecule has 192 valence electrons. The molecule has 0 aliphatic rings. The van der Waals surface area contributed by atoms with Crippen LogP contribution in [0.2, 0.25) is 0 Å². The first-order valence-corrected chi connectivity index (χ1v) is 12.9. The molecule has 7 heteroatoms. The lowest BCUT2D eigenvalue weighted by molar-refractivity contribution is -0.141. The summed E-state index contributed by atoms with van der Waals surface area (Å²) in [6.07, 6.45) is 1.50. The van der Waals surface area contributed by atoms with Crippen molar-refractivity contribution in [2.45, 2.75) is 46.2 Å². The molecule has 0 saturated heterocycles. The summed E-state index contributed by atoms with van der Waals surface area (Å²) in [5.74, 6) is 0.110. The quantitative estimate of drug-likeness (QED) is 0.325. The molecule has 0 aliphatic heterocycles. The number of rotatable bonds is 11. The molecule has 1 heterocycles. The smallest absolute Gasteiger partial charge is 0.247 e. The zero-order valence-electron chi connectivity index (χ0n) is 21.8. The zero-order chi connectivity index (χ0) is 26.2. The highest BCUT2D eigenvalue weighted by molar-refractivity contribution is 5.89. The molecule has 0 radical (unpaired) electrons. The average molecular weight is 498 g/mol. The number of aromatic nitrogens is 3. The van der Waals surface area contributed by atoms with Crippen molar-refractivity contribution in [2.75, 3.05) is 13.1 Å². The Labute approximate surface area is 218 Å². The molecule has 4 aromatic rings. The maximum atomic E-state index is 13.9. The van der Waals surface area contributed by atoms with E-state index in [2.05, 4.69) is 54.6 Å². The van der Waals surface area contributed by atoms with Crippen molar-refractivity contribution in [1.29, 1.82) is 0 Å². The van der Waals surface area contributed by atoms with Gasteiger partial charge in [-0.1, -0.05) is 91.4 Å². The highest BCUT2D eigenvalue weighted by Gasteiger charge is 2.31. The number of fused-ring (bicyclic) bond motifs is 1. The Balaban J connectivity index is 1.65. The van der Waals surface area contributed by atoms with Crippen LogP contribution >= 0.6 is 0 Å². The molecule has 0 saturated carbocycles. The fourth-order valence-corrected chi connectivity index (χ4v) is 4.46. The molecule has 0 aliphatic carbocycles. The number of carbonyl (C=O) groups is 2. The van der Waals surface area contributed by atoms with E-state index in [9.17, 15) is 9.59 Å². The first-order valence-electron chi connectivity index (χ1n) is 12.9. The fraction of sp³-hybridized carbons (Fsp3) is 0.333. The number of amides is 2. The van der Waals surface area contributed by atoms with E-state index in [1.165, 1.54) is 0 Å². The van der Waals surface area contributed by atoms with Gasteiger partial charge < -0.3 is 10.2 Å². The monoisotopic (exact) mass is 497 g/mol. The van der Waals surface area contributed by atoms with E-state index in [4.69, 9.17) is 0 Å². The Bertz CT molecular complexity index is 1330. The molecule has 4 rings (SSSR count). The van der Waals surface area contributed by atoms with Crippen LogP contribution in [0.25, 0.3) is 11.0 Å². The third-order valence-electron chi connectivity index (χ3n) is 6.45. The summed E-state index contributed by atoms with van der Waals surface area (Å²) in [6, 6.07) is 24.6. The predicted molar refractivity (Wildman–Crippen MR) is 146 cm³/mol. The molecule has 2 amide bonds. The first-order chi connectivity index (χ1) is 17.9. The maximum Gasteiger partial charge on any atom is 0.247 e. The predicted octanol–water partition coefficient (Wildman–Crippen LogP) is 4.71. The summed E-state index contributed by atoms with van der Waals surface area (Å²) in [5, 5.41) is 11.5. The van der Waals surface area contributed by atoms with E-state index < -0.39 is 6.04 Å². The average Bonchev–Trinajstić information content (AvgIpc) is 3.29. The minimum Gasteiger partial charge on any atom is -0.354 e. The van der Waals surface area contributed by atoms with Gasteiger partial charge in [-0.15, -0.1) is 5.10 Å². The second kappa shape index (κ2) is 12.3. The SMILES string of the molecule is Cc1cccc(CCN(C(=O)Cn2nnc3ccccc32)[C@H](C(=O)NCCC(C)C)c2ccccc2)c1. The summed E-state index contributed by atoms with van der Waals surface area (Å²) in [6.45, 7) is 7.26. The van der Waals surface area contributed by atoms with Crippen molar-refractivity contribution in [1.82, 2.24) is 25.2 Å². The molecule has 0 fully saturated rings. The Morgan fingerprint density at radius 1 is 0.973 bits per heavy atom. The Morgan fingerprint density at radius 3 is 2.49 bits per heavy atom. The van der Waals surface area contributed by atoms with Crippen LogP contribution in [0.5, 0.6) is 0 Å². The summed E-state index contributed by atoms with van der Waals surface area (Å²) in [7, 11) is 0. The largest absolute Gasteiger partial charge is 0.354 e. The summed E-state index contributed by atoms with van der Waals surface area (Å²) in [4.78, 5) is 29.2. The number of nitrogens with zero attached hydrogens (tertiary/aromatic N) is 4. The van der Waals surface area contributed by atoms with E-state index in [0.29, 0.717) is 25.4 Å². The van der Waals surface area contributed by atoms with Gasteiger partial charge in [0.25, 0.3) is 0 Å². The van der Waals surface area contributed by atoms with Crippen LogP contribution < -0.4 is 5.32 Å². The molecule has 7 nitrogen and oxygen atoms in total. The number of benzene rings is 3. The highest BCUT2D eigenvalue weighted by atomic mass is 16.2. The minimum atomic E-state index is -0.750. The van der Waals surface area contributed by atoms with Gasteiger partial charge in [0, 0.05) is 13.1 Å². The fourth-order valence-electron chi connectivity index (χ4n) is 4.46. The van der Waals surface area contributed by atoms with Crippen LogP contribution in [0.3, 0.4) is 0 Å². The van der Waals surface area contributed by atoms with Gasteiger partial charge in [-0.05, 0) is 48.9 Å². The summed E-state index contributed by atoms with van der Waals surface area (Å²) >= 11 is 0. The molecular weight excluding hydrogens is 462 g/mol. The molecule has 1 N–H and O–H groups in total. The zero-order valence-corrected chi connectivity index (χ0v) is 21.8. The van der Waals surface area contributed by atoms with Gasteiger partial charge in [-0.3, -0.25) is 9.59 Å². The summed E-state index contributed by atoms with van der Waals surface area (Å²) in [5.41, 5.74) is 4.58. The molecule has 0 unspecified atom stereocenters. The molecule has 0 bridgehead atoms. The van der Waals surface area contributed by atoms with Crippen LogP contribution in [0.15, 0.2) is 78.9 Å². The van der Waals surface area contributed by atoms with E-state index in [0.717, 1.165) is 34.1 Å². The number of para-hydroxylation sites is 1. The molecule has 3 aromatic carbocycles. The molecule has 0 spiro atoms. The van der Waals surface area contributed by atoms with Crippen molar-refractivity contribution in [3.05, 3.63) is 95.6 Å². The van der Waals surface area contributed by atoms with Gasteiger partial charge in [0.05, 0.1) is 5.52 Å². The first kappa shape index (κ1) is 26.1. The van der Waals surface area contributed by atoms with Gasteiger partial charge >= 0.3 is 0 Å². The van der Waals surface area contributed by atoms with Gasteiger partial charge in [0.15, 0.2) is 0 Å². The van der Waals surface area contributed by atoms with E-state index in [-0.39, 0.29) is 18.4 Å².